The highest BCUT2D eigenvalue weighted by Crippen LogP contribution is 2.36. The van der Waals surface area contributed by atoms with Crippen LogP contribution in [0.3, 0.4) is 0 Å². The molecule has 194 valence electrons. The molecule has 4 heterocycles. The Morgan fingerprint density at radius 3 is 1.37 bits per heavy atom. The van der Waals surface area contributed by atoms with E-state index in [-0.39, 0.29) is 11.6 Å². The second-order valence-electron chi connectivity index (χ2n) is 10.4. The number of carbonyl (C=O) groups is 2. The number of nitrogens with zero attached hydrogens (tertiary/aromatic N) is 2. The van der Waals surface area contributed by atoms with Crippen LogP contribution in [0.4, 0.5) is 11.4 Å². The largest absolute Gasteiger partial charge is 0.397 e. The van der Waals surface area contributed by atoms with Gasteiger partial charge in [-0.25, -0.2) is 9.97 Å². The molecule has 1 aromatic carbocycles. The van der Waals surface area contributed by atoms with Gasteiger partial charge in [-0.3, -0.25) is 9.59 Å². The minimum atomic E-state index is -0.182. The third-order valence-electron chi connectivity index (χ3n) is 6.36. The highest BCUT2D eigenvalue weighted by atomic mass is 32.1. The van der Waals surface area contributed by atoms with Crippen LogP contribution in [-0.4, -0.2) is 21.5 Å². The molecule has 8 heteroatoms. The van der Waals surface area contributed by atoms with Crippen LogP contribution >= 0.6 is 22.7 Å². The van der Waals surface area contributed by atoms with Gasteiger partial charge in [0.25, 0.3) is 0 Å². The molecule has 0 saturated carbocycles. The summed E-state index contributed by atoms with van der Waals surface area (Å²) in [5.74, 6) is 0.610. The third kappa shape index (κ3) is 4.93. The molecule has 0 unspecified atom stereocenters. The van der Waals surface area contributed by atoms with Crippen molar-refractivity contribution in [2.24, 2.45) is 11.8 Å². The molecule has 38 heavy (non-hydrogen) atoms. The van der Waals surface area contributed by atoms with Crippen molar-refractivity contribution in [3.05, 3.63) is 80.8 Å². The van der Waals surface area contributed by atoms with Crippen LogP contribution in [0.15, 0.2) is 48.5 Å². The smallest absolute Gasteiger partial charge is 0.205 e. The minimum absolute atomic E-state index is 0.182. The summed E-state index contributed by atoms with van der Waals surface area (Å²) in [7, 11) is 0. The van der Waals surface area contributed by atoms with Crippen molar-refractivity contribution >= 4 is 66.0 Å². The van der Waals surface area contributed by atoms with E-state index in [0.717, 1.165) is 44.7 Å². The Bertz CT molecular complexity index is 1560. The van der Waals surface area contributed by atoms with Crippen LogP contribution in [0.1, 0.15) is 69.6 Å². The van der Waals surface area contributed by atoms with Gasteiger partial charge in [-0.1, -0.05) is 52.0 Å². The number of carbonyl (C=O) groups excluding carboxylic acids is 2. The van der Waals surface area contributed by atoms with E-state index in [4.69, 9.17) is 21.4 Å². The summed E-state index contributed by atoms with van der Waals surface area (Å²) in [5, 5.41) is 1.59. The number of rotatable bonds is 8. The summed E-state index contributed by atoms with van der Waals surface area (Å²) in [4.78, 5) is 38.5. The predicted molar refractivity (Wildman–Crippen MR) is 158 cm³/mol. The van der Waals surface area contributed by atoms with E-state index in [9.17, 15) is 9.59 Å². The summed E-state index contributed by atoms with van der Waals surface area (Å²) < 4.78 is 0. The normalized spacial score (nSPS) is 11.7. The van der Waals surface area contributed by atoms with Crippen molar-refractivity contribution in [1.29, 1.82) is 0 Å². The first-order valence-electron chi connectivity index (χ1n) is 12.7. The number of hydrogen-bond acceptors (Lipinski definition) is 8. The minimum Gasteiger partial charge on any atom is -0.397 e. The summed E-state index contributed by atoms with van der Waals surface area (Å²) in [6.07, 6.45) is 1.73. The van der Waals surface area contributed by atoms with Crippen LogP contribution in [0.5, 0.6) is 0 Å². The maximum absolute atomic E-state index is 13.3. The lowest BCUT2D eigenvalue weighted by Gasteiger charge is -2.04. The zero-order valence-corrected chi connectivity index (χ0v) is 23.5. The van der Waals surface area contributed by atoms with E-state index in [1.54, 1.807) is 24.3 Å². The maximum atomic E-state index is 13.3. The second kappa shape index (κ2) is 10.3. The molecule has 0 aliphatic carbocycles. The molecule has 0 aliphatic heterocycles. The van der Waals surface area contributed by atoms with Gasteiger partial charge < -0.3 is 11.5 Å². The van der Waals surface area contributed by atoms with E-state index in [1.165, 1.54) is 22.7 Å². The molecule has 4 aromatic heterocycles. The van der Waals surface area contributed by atoms with Gasteiger partial charge in [0.15, 0.2) is 0 Å². The summed E-state index contributed by atoms with van der Waals surface area (Å²) in [6.45, 7) is 8.59. The Balaban J connectivity index is 1.40. The molecule has 6 nitrogen and oxygen atoms in total. The van der Waals surface area contributed by atoms with Crippen molar-refractivity contribution in [3.63, 3.8) is 0 Å². The van der Waals surface area contributed by atoms with Crippen molar-refractivity contribution in [2.75, 3.05) is 11.5 Å². The van der Waals surface area contributed by atoms with E-state index >= 15 is 0 Å². The first-order chi connectivity index (χ1) is 18.1. The summed E-state index contributed by atoms with van der Waals surface area (Å²) in [6, 6.07) is 14.5. The first-order valence-corrected chi connectivity index (χ1v) is 14.3. The van der Waals surface area contributed by atoms with Gasteiger partial charge >= 0.3 is 0 Å². The molecule has 5 aromatic rings. The fourth-order valence-electron chi connectivity index (χ4n) is 4.51. The Morgan fingerprint density at radius 1 is 0.658 bits per heavy atom. The van der Waals surface area contributed by atoms with Gasteiger partial charge in [0, 0.05) is 33.3 Å². The highest BCUT2D eigenvalue weighted by molar-refractivity contribution is 7.21. The fraction of sp³-hybridized carbons (Fsp3) is 0.267. The fourth-order valence-corrected chi connectivity index (χ4v) is 6.66. The number of fused-ring (bicyclic) bond motifs is 2. The van der Waals surface area contributed by atoms with Gasteiger partial charge in [-0.15, -0.1) is 22.7 Å². The molecular formula is C30H30N4O2S2. The number of hydrogen-bond donors (Lipinski definition) is 2. The molecule has 0 fully saturated rings. The summed E-state index contributed by atoms with van der Waals surface area (Å²) >= 11 is 2.62. The lowest BCUT2D eigenvalue weighted by Crippen LogP contribution is -2.05. The van der Waals surface area contributed by atoms with E-state index < -0.39 is 0 Å². The highest BCUT2D eigenvalue weighted by Gasteiger charge is 2.22. The van der Waals surface area contributed by atoms with E-state index in [1.807, 2.05) is 24.3 Å². The Kier molecular flexibility index (Phi) is 7.03. The number of nitrogens with two attached hydrogens (primary N) is 2. The van der Waals surface area contributed by atoms with Crippen LogP contribution in [-0.2, 0) is 12.8 Å². The predicted octanol–water partition coefficient (Wildman–Crippen LogP) is 6.93. The number of aromatic nitrogens is 2. The zero-order valence-electron chi connectivity index (χ0n) is 21.9. The molecule has 0 bridgehead atoms. The van der Waals surface area contributed by atoms with Gasteiger partial charge in [-0.05, 0) is 48.9 Å². The number of anilines is 2. The monoisotopic (exact) mass is 542 g/mol. The number of pyridine rings is 2. The van der Waals surface area contributed by atoms with Gasteiger partial charge in [0.2, 0.25) is 11.6 Å². The molecule has 4 N–H and O–H groups in total. The quantitative estimate of drug-likeness (QED) is 0.206. The molecule has 0 amide bonds. The van der Waals surface area contributed by atoms with E-state index in [2.05, 4.69) is 27.7 Å². The number of benzene rings is 1. The van der Waals surface area contributed by atoms with Crippen LogP contribution in [0.2, 0.25) is 0 Å². The van der Waals surface area contributed by atoms with Gasteiger partial charge in [0.05, 0.1) is 11.4 Å². The standard InChI is InChI=1S/C30H30N4O2S2/c1-15(2)13-19-9-11-21-23(31)27(37-29(21)33-19)25(35)17-5-7-18(8-6-17)26(36)28-24(32)22-12-10-20(14-16(3)4)34-30(22)38-28/h5-12,15-16H,13-14,31-32H2,1-4H3. The third-order valence-corrected chi connectivity index (χ3v) is 8.59. The van der Waals surface area contributed by atoms with Crippen molar-refractivity contribution in [1.82, 2.24) is 9.97 Å². The van der Waals surface area contributed by atoms with Crippen LogP contribution in [0.25, 0.3) is 20.4 Å². The number of thiophene rings is 2. The average molecular weight is 543 g/mol. The van der Waals surface area contributed by atoms with Crippen LogP contribution < -0.4 is 11.5 Å². The SMILES string of the molecule is CC(C)Cc1ccc2c(N)c(C(=O)c3ccc(C(=O)c4sc5nc(CC(C)C)ccc5c4N)cc3)sc2n1. The number of ketones is 2. The first kappa shape index (κ1) is 26.0. The van der Waals surface area contributed by atoms with Crippen molar-refractivity contribution < 1.29 is 9.59 Å². The number of nitrogen functional groups attached to an aromatic ring is 2. The second-order valence-corrected chi connectivity index (χ2v) is 12.4. The van der Waals surface area contributed by atoms with Gasteiger partial charge in [-0.2, -0.15) is 0 Å². The Hall–Kier alpha value is -3.62. The Labute approximate surface area is 229 Å². The lowest BCUT2D eigenvalue weighted by atomic mass is 10.0. The molecule has 0 saturated heterocycles. The summed E-state index contributed by atoms with van der Waals surface area (Å²) in [5.41, 5.74) is 16.5. The van der Waals surface area contributed by atoms with Crippen LogP contribution in [0, 0.1) is 11.8 Å². The van der Waals surface area contributed by atoms with Crippen molar-refractivity contribution in [3.8, 4) is 0 Å². The van der Waals surface area contributed by atoms with Gasteiger partial charge in [0.1, 0.15) is 19.4 Å². The Morgan fingerprint density at radius 2 is 1.03 bits per heavy atom. The van der Waals surface area contributed by atoms with Crippen molar-refractivity contribution in [2.45, 2.75) is 40.5 Å². The molecule has 5 rings (SSSR count). The topological polar surface area (TPSA) is 112 Å². The maximum Gasteiger partial charge on any atom is 0.205 e. The average Bonchev–Trinajstić information content (AvgIpc) is 3.38. The molecular weight excluding hydrogens is 512 g/mol. The molecule has 0 radical (unpaired) electrons. The van der Waals surface area contributed by atoms with E-state index in [0.29, 0.717) is 44.1 Å². The lowest BCUT2D eigenvalue weighted by molar-refractivity contribution is 0.103. The molecule has 0 aliphatic rings. The molecule has 0 spiro atoms. The molecule has 0 atom stereocenters. The zero-order chi connectivity index (χ0) is 27.1.